The Morgan fingerprint density at radius 2 is 2.03 bits per heavy atom. The van der Waals surface area contributed by atoms with Crippen LogP contribution in [0.5, 0.6) is 5.75 Å². The molecule has 0 bridgehead atoms. The van der Waals surface area contributed by atoms with Gasteiger partial charge in [0.25, 0.3) is 5.56 Å². The number of anilines is 1. The number of aromatic nitrogens is 7. The maximum atomic E-state index is 12.7. The summed E-state index contributed by atoms with van der Waals surface area (Å²) in [7, 11) is 0. The number of hydrogen-bond acceptors (Lipinski definition) is 8. The monoisotopic (exact) mass is 440 g/mol. The minimum atomic E-state index is -0.372. The molecule has 2 N–H and O–H groups in total. The van der Waals surface area contributed by atoms with Gasteiger partial charge in [-0.2, -0.15) is 9.67 Å². The molecule has 0 aliphatic rings. The Labute approximate surface area is 182 Å². The Hall–Kier alpha value is -3.53. The van der Waals surface area contributed by atoms with Crippen LogP contribution in [0.3, 0.4) is 0 Å². The van der Waals surface area contributed by atoms with E-state index in [0.29, 0.717) is 39.4 Å². The van der Waals surface area contributed by atoms with E-state index in [1.54, 1.807) is 37.4 Å². The molecule has 0 radical (unpaired) electrons. The van der Waals surface area contributed by atoms with Crippen molar-refractivity contribution in [2.75, 3.05) is 5.32 Å². The minimum absolute atomic E-state index is 0.0296. The summed E-state index contributed by atoms with van der Waals surface area (Å²) in [5, 5.41) is 15.8. The molecule has 1 atom stereocenters. The number of halogens is 1. The van der Waals surface area contributed by atoms with Gasteiger partial charge in [0.15, 0.2) is 11.6 Å². The number of fused-ring (bicyclic) bond motifs is 1. The van der Waals surface area contributed by atoms with Crippen molar-refractivity contribution >= 4 is 28.5 Å². The van der Waals surface area contributed by atoms with Gasteiger partial charge in [0, 0.05) is 29.3 Å². The van der Waals surface area contributed by atoms with Gasteiger partial charge in [-0.3, -0.25) is 4.79 Å². The molecular formula is C20H21ClN8O2. The Balaban J connectivity index is 1.63. The molecule has 0 fully saturated rings. The van der Waals surface area contributed by atoms with E-state index < -0.39 is 0 Å². The second kappa shape index (κ2) is 8.31. The number of pyridine rings is 1. The van der Waals surface area contributed by atoms with Gasteiger partial charge >= 0.3 is 0 Å². The fourth-order valence-corrected chi connectivity index (χ4v) is 3.36. The number of aromatic amines is 1. The molecule has 4 aromatic rings. The van der Waals surface area contributed by atoms with E-state index in [0.717, 1.165) is 5.39 Å². The fourth-order valence-electron chi connectivity index (χ4n) is 3.14. The van der Waals surface area contributed by atoms with Crippen LogP contribution in [0.15, 0.2) is 35.3 Å². The maximum absolute atomic E-state index is 12.7. The number of benzene rings is 1. The lowest BCUT2D eigenvalue weighted by Gasteiger charge is -2.16. The van der Waals surface area contributed by atoms with Crippen LogP contribution in [0, 0.1) is 6.92 Å². The van der Waals surface area contributed by atoms with Crippen LogP contribution in [0.2, 0.25) is 5.02 Å². The lowest BCUT2D eigenvalue weighted by atomic mass is 10.1. The molecule has 0 saturated heterocycles. The third-order valence-electron chi connectivity index (χ3n) is 4.58. The van der Waals surface area contributed by atoms with Crippen molar-refractivity contribution in [2.45, 2.75) is 39.8 Å². The average molecular weight is 441 g/mol. The number of H-pyrrole nitrogens is 1. The van der Waals surface area contributed by atoms with Crippen LogP contribution in [0.1, 0.15) is 38.2 Å². The molecule has 160 valence electrons. The number of tetrazole rings is 1. The summed E-state index contributed by atoms with van der Waals surface area (Å²) in [4.78, 5) is 24.3. The van der Waals surface area contributed by atoms with Crippen molar-refractivity contribution < 1.29 is 4.74 Å². The summed E-state index contributed by atoms with van der Waals surface area (Å²) in [5.74, 6) is 1.99. The third-order valence-corrected chi connectivity index (χ3v) is 4.88. The minimum Gasteiger partial charge on any atom is -0.489 e. The molecular weight excluding hydrogens is 420 g/mol. The van der Waals surface area contributed by atoms with E-state index in [4.69, 9.17) is 16.3 Å². The Morgan fingerprint density at radius 3 is 2.74 bits per heavy atom. The molecule has 3 aromatic heterocycles. The van der Waals surface area contributed by atoms with Crippen molar-refractivity contribution in [2.24, 2.45) is 0 Å². The molecule has 0 saturated carbocycles. The van der Waals surface area contributed by atoms with Gasteiger partial charge in [-0.25, -0.2) is 4.98 Å². The van der Waals surface area contributed by atoms with Gasteiger partial charge in [-0.15, -0.1) is 5.10 Å². The normalized spacial score (nSPS) is 12.3. The molecule has 4 rings (SSSR count). The van der Waals surface area contributed by atoms with E-state index in [-0.39, 0.29) is 17.7 Å². The highest BCUT2D eigenvalue weighted by Gasteiger charge is 2.15. The zero-order valence-electron chi connectivity index (χ0n) is 17.4. The number of nitrogens with zero attached hydrogens (tertiary/aromatic N) is 6. The van der Waals surface area contributed by atoms with E-state index in [9.17, 15) is 4.79 Å². The molecule has 0 unspecified atom stereocenters. The Bertz CT molecular complexity index is 1300. The molecule has 0 spiro atoms. The second-order valence-corrected chi connectivity index (χ2v) is 7.74. The molecule has 11 heteroatoms. The first-order chi connectivity index (χ1) is 14.8. The SMILES string of the molecule is Cc1nnnn1-c1ccnc(N[C@@H](C)c2cc3cc(Cl)c(OC(C)C)cc3[nH]c2=O)n1. The Kier molecular flexibility index (Phi) is 5.55. The predicted molar refractivity (Wildman–Crippen MR) is 117 cm³/mol. The van der Waals surface area contributed by atoms with E-state index >= 15 is 0 Å². The van der Waals surface area contributed by atoms with E-state index in [1.807, 2.05) is 20.8 Å². The highest BCUT2D eigenvalue weighted by atomic mass is 35.5. The topological polar surface area (TPSA) is 123 Å². The number of rotatable bonds is 6. The highest BCUT2D eigenvalue weighted by Crippen LogP contribution is 2.30. The summed E-state index contributed by atoms with van der Waals surface area (Å²) < 4.78 is 7.20. The number of ether oxygens (including phenoxy) is 1. The molecule has 0 amide bonds. The van der Waals surface area contributed by atoms with Crippen LogP contribution in [0.4, 0.5) is 5.95 Å². The van der Waals surface area contributed by atoms with Gasteiger partial charge in [-0.05, 0) is 50.3 Å². The van der Waals surface area contributed by atoms with E-state index in [2.05, 4.69) is 35.8 Å². The third kappa shape index (κ3) is 4.33. The number of aryl methyl sites for hydroxylation is 1. The fraction of sp³-hybridized carbons (Fsp3) is 0.300. The van der Waals surface area contributed by atoms with Crippen molar-refractivity contribution in [1.82, 2.24) is 35.2 Å². The molecule has 3 heterocycles. The first kappa shape index (κ1) is 20.7. The molecule has 1 aromatic carbocycles. The average Bonchev–Trinajstić information content (AvgIpc) is 3.14. The van der Waals surface area contributed by atoms with E-state index in [1.165, 1.54) is 4.68 Å². The standard InChI is InChI=1S/C20H21ClN8O2/c1-10(2)31-17-9-16-13(8-15(17)21)7-14(19(30)24-16)11(3)23-20-22-6-5-18(25-20)29-12(4)26-27-28-29/h5-11H,1-4H3,(H,24,30)(H,22,23,25)/t11-/m0/s1. The van der Waals surface area contributed by atoms with Crippen molar-refractivity contribution in [1.29, 1.82) is 0 Å². The molecule has 0 aliphatic heterocycles. The summed E-state index contributed by atoms with van der Waals surface area (Å²) in [6, 6.07) is 6.64. The quantitative estimate of drug-likeness (QED) is 0.468. The summed E-state index contributed by atoms with van der Waals surface area (Å²) in [6.45, 7) is 7.46. The zero-order valence-corrected chi connectivity index (χ0v) is 18.2. The second-order valence-electron chi connectivity index (χ2n) is 7.33. The van der Waals surface area contributed by atoms with Gasteiger partial charge in [0.2, 0.25) is 5.95 Å². The van der Waals surface area contributed by atoms with Crippen LogP contribution in [0.25, 0.3) is 16.7 Å². The number of nitrogens with one attached hydrogen (secondary N) is 2. The Morgan fingerprint density at radius 1 is 1.23 bits per heavy atom. The largest absolute Gasteiger partial charge is 0.489 e. The van der Waals surface area contributed by atoms with Gasteiger partial charge < -0.3 is 15.0 Å². The van der Waals surface area contributed by atoms with Crippen LogP contribution in [-0.2, 0) is 0 Å². The van der Waals surface area contributed by atoms with Gasteiger partial charge in [0.1, 0.15) is 5.75 Å². The first-order valence-corrected chi connectivity index (χ1v) is 10.1. The van der Waals surface area contributed by atoms with Crippen LogP contribution >= 0.6 is 11.6 Å². The van der Waals surface area contributed by atoms with Gasteiger partial charge in [0.05, 0.1) is 22.7 Å². The maximum Gasteiger partial charge on any atom is 0.253 e. The zero-order chi connectivity index (χ0) is 22.1. The smallest absolute Gasteiger partial charge is 0.253 e. The lowest BCUT2D eigenvalue weighted by molar-refractivity contribution is 0.243. The van der Waals surface area contributed by atoms with Gasteiger partial charge in [-0.1, -0.05) is 11.6 Å². The lowest BCUT2D eigenvalue weighted by Crippen LogP contribution is -2.20. The van der Waals surface area contributed by atoms with Crippen molar-refractivity contribution in [3.8, 4) is 11.6 Å². The molecule has 10 nitrogen and oxygen atoms in total. The first-order valence-electron chi connectivity index (χ1n) is 9.70. The van der Waals surface area contributed by atoms with Crippen molar-refractivity contribution in [3.05, 3.63) is 57.2 Å². The summed E-state index contributed by atoms with van der Waals surface area (Å²) in [5.41, 5.74) is 0.944. The van der Waals surface area contributed by atoms with Crippen LogP contribution in [-0.4, -0.2) is 41.3 Å². The van der Waals surface area contributed by atoms with Crippen LogP contribution < -0.4 is 15.6 Å². The summed E-state index contributed by atoms with van der Waals surface area (Å²) in [6.07, 6.45) is 1.57. The van der Waals surface area contributed by atoms with Crippen molar-refractivity contribution in [3.63, 3.8) is 0 Å². The number of hydrogen-bond donors (Lipinski definition) is 2. The predicted octanol–water partition coefficient (Wildman–Crippen LogP) is 3.22. The summed E-state index contributed by atoms with van der Waals surface area (Å²) >= 11 is 6.36. The molecule has 31 heavy (non-hydrogen) atoms. The molecule has 0 aliphatic carbocycles. The highest BCUT2D eigenvalue weighted by molar-refractivity contribution is 6.32.